The second-order valence-corrected chi connectivity index (χ2v) is 5.03. The van der Waals surface area contributed by atoms with Gasteiger partial charge < -0.3 is 19.7 Å². The monoisotopic (exact) mass is 311 g/mol. The zero-order valence-corrected chi connectivity index (χ0v) is 12.3. The number of aliphatic hydroxyl groups is 1. The molecule has 0 bridgehead atoms. The summed E-state index contributed by atoms with van der Waals surface area (Å²) in [6.07, 6.45) is 1.41. The summed E-state index contributed by atoms with van der Waals surface area (Å²) in [5.41, 5.74) is 1.02. The minimum atomic E-state index is -0.553. The normalized spacial score (nSPS) is 12.5. The SMILES string of the molecule is OC(CNCCc1ncon1)COCc1ccc(Cl)cc1. The lowest BCUT2D eigenvalue weighted by atomic mass is 10.2. The lowest BCUT2D eigenvalue weighted by molar-refractivity contribution is 0.0290. The summed E-state index contributed by atoms with van der Waals surface area (Å²) in [4.78, 5) is 3.91. The van der Waals surface area contributed by atoms with Crippen molar-refractivity contribution in [3.63, 3.8) is 0 Å². The fraction of sp³-hybridized carbons (Fsp3) is 0.429. The van der Waals surface area contributed by atoms with E-state index in [2.05, 4.69) is 20.0 Å². The van der Waals surface area contributed by atoms with Crippen molar-refractivity contribution in [1.29, 1.82) is 0 Å². The molecule has 2 rings (SSSR count). The number of hydrogen-bond donors (Lipinski definition) is 2. The summed E-state index contributed by atoms with van der Waals surface area (Å²) in [5, 5.41) is 17.3. The highest BCUT2D eigenvalue weighted by Crippen LogP contribution is 2.10. The van der Waals surface area contributed by atoms with Gasteiger partial charge in [-0.2, -0.15) is 4.98 Å². The van der Waals surface area contributed by atoms with Crippen molar-refractivity contribution in [3.05, 3.63) is 47.1 Å². The van der Waals surface area contributed by atoms with E-state index in [4.69, 9.17) is 16.3 Å². The zero-order chi connectivity index (χ0) is 14.9. The third-order valence-electron chi connectivity index (χ3n) is 2.80. The Bertz CT molecular complexity index is 505. The van der Waals surface area contributed by atoms with Gasteiger partial charge in [0.1, 0.15) is 0 Å². The molecule has 0 amide bonds. The summed E-state index contributed by atoms with van der Waals surface area (Å²) >= 11 is 5.80. The van der Waals surface area contributed by atoms with Crippen LogP contribution in [-0.2, 0) is 17.8 Å². The van der Waals surface area contributed by atoms with Crippen molar-refractivity contribution >= 4 is 11.6 Å². The van der Waals surface area contributed by atoms with Gasteiger partial charge in [0.2, 0.25) is 6.39 Å². The smallest absolute Gasteiger partial charge is 0.213 e. The Hall–Kier alpha value is -1.47. The summed E-state index contributed by atoms with van der Waals surface area (Å²) in [6.45, 7) is 1.86. The molecule has 114 valence electrons. The first kappa shape index (κ1) is 15.9. The van der Waals surface area contributed by atoms with E-state index in [1.54, 1.807) is 0 Å². The van der Waals surface area contributed by atoms with Crippen LogP contribution in [0, 0.1) is 0 Å². The highest BCUT2D eigenvalue weighted by Gasteiger charge is 2.05. The molecule has 1 unspecified atom stereocenters. The molecular weight excluding hydrogens is 294 g/mol. The standard InChI is InChI=1S/C14H18ClN3O3/c15-12-3-1-11(2-4-12)8-20-9-13(19)7-16-6-5-14-17-10-21-18-14/h1-4,10,13,16,19H,5-9H2. The van der Waals surface area contributed by atoms with Crippen LogP contribution in [0.25, 0.3) is 0 Å². The molecule has 1 heterocycles. The van der Waals surface area contributed by atoms with Crippen molar-refractivity contribution in [2.24, 2.45) is 0 Å². The minimum Gasteiger partial charge on any atom is -0.389 e. The van der Waals surface area contributed by atoms with E-state index in [0.717, 1.165) is 5.56 Å². The third kappa shape index (κ3) is 6.22. The lowest BCUT2D eigenvalue weighted by Crippen LogP contribution is -2.31. The second kappa shape index (κ2) is 8.74. The molecule has 0 aliphatic carbocycles. The van der Waals surface area contributed by atoms with Crippen LogP contribution >= 0.6 is 11.6 Å². The van der Waals surface area contributed by atoms with Crippen molar-refractivity contribution in [3.8, 4) is 0 Å². The maximum absolute atomic E-state index is 9.77. The van der Waals surface area contributed by atoms with Gasteiger partial charge in [0.25, 0.3) is 0 Å². The largest absolute Gasteiger partial charge is 0.389 e. The fourth-order valence-electron chi connectivity index (χ4n) is 1.72. The predicted octanol–water partition coefficient (Wildman–Crippen LogP) is 1.43. The Labute approximate surface area is 128 Å². The molecule has 0 saturated carbocycles. The van der Waals surface area contributed by atoms with Crippen molar-refractivity contribution in [2.75, 3.05) is 19.7 Å². The summed E-state index contributed by atoms with van der Waals surface area (Å²) in [6, 6.07) is 7.43. The van der Waals surface area contributed by atoms with Crippen LogP contribution in [0.5, 0.6) is 0 Å². The minimum absolute atomic E-state index is 0.276. The molecular formula is C14H18ClN3O3. The molecule has 2 aromatic rings. The lowest BCUT2D eigenvalue weighted by Gasteiger charge is -2.12. The van der Waals surface area contributed by atoms with Crippen LogP contribution < -0.4 is 5.32 Å². The van der Waals surface area contributed by atoms with E-state index in [9.17, 15) is 5.11 Å². The molecule has 0 fully saturated rings. The highest BCUT2D eigenvalue weighted by atomic mass is 35.5. The summed E-state index contributed by atoms with van der Waals surface area (Å²) < 4.78 is 10.1. The summed E-state index contributed by atoms with van der Waals surface area (Å²) in [7, 11) is 0. The van der Waals surface area contributed by atoms with Crippen LogP contribution in [0.4, 0.5) is 0 Å². The average molecular weight is 312 g/mol. The Morgan fingerprint density at radius 1 is 1.33 bits per heavy atom. The van der Waals surface area contributed by atoms with E-state index in [0.29, 0.717) is 37.0 Å². The molecule has 2 N–H and O–H groups in total. The first-order valence-electron chi connectivity index (χ1n) is 6.70. The third-order valence-corrected chi connectivity index (χ3v) is 3.06. The molecule has 7 heteroatoms. The Balaban J connectivity index is 1.53. The van der Waals surface area contributed by atoms with E-state index in [1.807, 2.05) is 24.3 Å². The highest BCUT2D eigenvalue weighted by molar-refractivity contribution is 6.30. The van der Waals surface area contributed by atoms with Crippen LogP contribution in [0.15, 0.2) is 35.2 Å². The molecule has 21 heavy (non-hydrogen) atoms. The van der Waals surface area contributed by atoms with Crippen LogP contribution in [-0.4, -0.2) is 41.0 Å². The van der Waals surface area contributed by atoms with Crippen LogP contribution in [0.1, 0.15) is 11.4 Å². The van der Waals surface area contributed by atoms with Crippen molar-refractivity contribution in [1.82, 2.24) is 15.5 Å². The molecule has 1 aromatic carbocycles. The van der Waals surface area contributed by atoms with Gasteiger partial charge in [-0.25, -0.2) is 0 Å². The Morgan fingerprint density at radius 3 is 2.86 bits per heavy atom. The van der Waals surface area contributed by atoms with Crippen molar-refractivity contribution in [2.45, 2.75) is 19.1 Å². The van der Waals surface area contributed by atoms with E-state index < -0.39 is 6.10 Å². The number of ether oxygens (including phenoxy) is 1. The average Bonchev–Trinajstić information content (AvgIpc) is 2.99. The van der Waals surface area contributed by atoms with Gasteiger partial charge in [0.15, 0.2) is 5.82 Å². The zero-order valence-electron chi connectivity index (χ0n) is 11.5. The predicted molar refractivity (Wildman–Crippen MR) is 78.0 cm³/mol. The van der Waals surface area contributed by atoms with Gasteiger partial charge in [-0.05, 0) is 17.7 Å². The van der Waals surface area contributed by atoms with Gasteiger partial charge >= 0.3 is 0 Å². The number of halogens is 1. The molecule has 0 spiro atoms. The topological polar surface area (TPSA) is 80.4 Å². The van der Waals surface area contributed by atoms with Gasteiger partial charge in [0, 0.05) is 24.5 Å². The maximum Gasteiger partial charge on any atom is 0.213 e. The maximum atomic E-state index is 9.77. The second-order valence-electron chi connectivity index (χ2n) is 4.60. The number of nitrogens with one attached hydrogen (secondary N) is 1. The van der Waals surface area contributed by atoms with Crippen LogP contribution in [0.2, 0.25) is 5.02 Å². The molecule has 1 atom stereocenters. The molecule has 0 radical (unpaired) electrons. The van der Waals surface area contributed by atoms with E-state index in [-0.39, 0.29) is 6.61 Å². The number of aliphatic hydroxyl groups excluding tert-OH is 1. The summed E-state index contributed by atoms with van der Waals surface area (Å²) in [5.74, 6) is 0.649. The molecule has 0 aliphatic rings. The van der Waals surface area contributed by atoms with Crippen molar-refractivity contribution < 1.29 is 14.4 Å². The van der Waals surface area contributed by atoms with Crippen LogP contribution in [0.3, 0.4) is 0 Å². The molecule has 0 saturated heterocycles. The first-order valence-corrected chi connectivity index (χ1v) is 7.08. The van der Waals surface area contributed by atoms with Gasteiger partial charge in [-0.1, -0.05) is 28.9 Å². The number of rotatable bonds is 9. The van der Waals surface area contributed by atoms with E-state index >= 15 is 0 Å². The van der Waals surface area contributed by atoms with E-state index in [1.165, 1.54) is 6.39 Å². The number of benzene rings is 1. The molecule has 1 aromatic heterocycles. The van der Waals surface area contributed by atoms with Gasteiger partial charge in [0.05, 0.1) is 19.3 Å². The van der Waals surface area contributed by atoms with Gasteiger partial charge in [-0.15, -0.1) is 0 Å². The Morgan fingerprint density at radius 2 is 2.14 bits per heavy atom. The number of nitrogens with zero attached hydrogens (tertiary/aromatic N) is 2. The number of aromatic nitrogens is 2. The first-order chi connectivity index (χ1) is 10.2. The quantitative estimate of drug-likeness (QED) is 0.682. The molecule has 0 aliphatic heterocycles. The fourth-order valence-corrected chi connectivity index (χ4v) is 1.85. The Kier molecular flexibility index (Phi) is 6.62. The van der Waals surface area contributed by atoms with Gasteiger partial charge in [-0.3, -0.25) is 0 Å². The molecule has 6 nitrogen and oxygen atoms in total. The number of hydrogen-bond acceptors (Lipinski definition) is 6.